The summed E-state index contributed by atoms with van der Waals surface area (Å²) in [4.78, 5) is 0. The largest absolute Gasteiger partial charge is 0.509 e. The fraction of sp³-hybridized carbons (Fsp3) is 0.500. The van der Waals surface area contributed by atoms with Crippen molar-refractivity contribution in [2.24, 2.45) is 5.92 Å². The van der Waals surface area contributed by atoms with Crippen molar-refractivity contribution in [1.82, 2.24) is 0 Å². The van der Waals surface area contributed by atoms with Crippen LogP contribution in [-0.4, -0.2) is 17.8 Å². The Balaban J connectivity index is 2.86. The second-order valence-corrected chi connectivity index (χ2v) is 3.65. The highest BCUT2D eigenvalue weighted by Gasteiger charge is 2.13. The van der Waals surface area contributed by atoms with Gasteiger partial charge >= 0.3 is 0 Å². The van der Waals surface area contributed by atoms with Crippen LogP contribution in [0.3, 0.4) is 0 Å². The van der Waals surface area contributed by atoms with E-state index in [4.69, 9.17) is 4.74 Å². The van der Waals surface area contributed by atoms with Crippen LogP contribution >= 0.6 is 0 Å². The Morgan fingerprint density at radius 1 is 1.50 bits per heavy atom. The van der Waals surface area contributed by atoms with Crippen LogP contribution in [0.25, 0.3) is 0 Å². The third kappa shape index (κ3) is 2.74. The van der Waals surface area contributed by atoms with Crippen molar-refractivity contribution in [2.45, 2.75) is 26.9 Å². The maximum absolute atomic E-state index is 9.62. The summed E-state index contributed by atoms with van der Waals surface area (Å²) in [5.74, 6) is 0.729. The van der Waals surface area contributed by atoms with Crippen LogP contribution in [-0.2, 0) is 4.74 Å². The Morgan fingerprint density at radius 3 is 2.79 bits per heavy atom. The molecule has 1 N–H and O–H groups in total. The van der Waals surface area contributed by atoms with Gasteiger partial charge in [-0.15, -0.1) is 0 Å². The molecule has 0 saturated carbocycles. The van der Waals surface area contributed by atoms with Crippen molar-refractivity contribution in [3.05, 3.63) is 35.6 Å². The highest BCUT2D eigenvalue weighted by Crippen LogP contribution is 2.19. The molecule has 0 spiro atoms. The molecular formula is C12H18O2. The quantitative estimate of drug-likeness (QED) is 0.748. The van der Waals surface area contributed by atoms with Gasteiger partial charge in [0.1, 0.15) is 11.9 Å². The van der Waals surface area contributed by atoms with Crippen LogP contribution in [0.4, 0.5) is 0 Å². The Kier molecular flexibility index (Phi) is 3.96. The number of rotatable bonds is 3. The van der Waals surface area contributed by atoms with Gasteiger partial charge < -0.3 is 9.84 Å². The topological polar surface area (TPSA) is 29.5 Å². The lowest BCUT2D eigenvalue weighted by molar-refractivity contribution is 0.0886. The minimum absolute atomic E-state index is 0.277. The molecule has 0 saturated heterocycles. The molecular weight excluding hydrogens is 176 g/mol. The lowest BCUT2D eigenvalue weighted by atomic mass is 10.0. The Bertz CT molecular complexity index is 272. The van der Waals surface area contributed by atoms with Crippen LogP contribution in [0, 0.1) is 5.92 Å². The van der Waals surface area contributed by atoms with E-state index in [2.05, 4.69) is 13.8 Å². The van der Waals surface area contributed by atoms with E-state index in [-0.39, 0.29) is 11.9 Å². The summed E-state index contributed by atoms with van der Waals surface area (Å²) >= 11 is 0. The number of allylic oxidation sites excluding steroid dienone is 4. The van der Waals surface area contributed by atoms with Crippen LogP contribution in [0.5, 0.6) is 0 Å². The molecule has 2 nitrogen and oxygen atoms in total. The zero-order chi connectivity index (χ0) is 10.6. The van der Waals surface area contributed by atoms with Crippen LogP contribution in [0.1, 0.15) is 20.8 Å². The van der Waals surface area contributed by atoms with E-state index < -0.39 is 0 Å². The zero-order valence-corrected chi connectivity index (χ0v) is 9.03. The van der Waals surface area contributed by atoms with E-state index >= 15 is 0 Å². The number of hydrogen-bond acceptors (Lipinski definition) is 2. The van der Waals surface area contributed by atoms with Crippen LogP contribution < -0.4 is 0 Å². The molecule has 0 fully saturated rings. The fourth-order valence-corrected chi connectivity index (χ4v) is 1.37. The first-order valence-electron chi connectivity index (χ1n) is 5.05. The summed E-state index contributed by atoms with van der Waals surface area (Å²) in [5.41, 5.74) is 1.20. The van der Waals surface area contributed by atoms with Crippen molar-refractivity contribution in [3.8, 4) is 0 Å². The Morgan fingerprint density at radius 2 is 2.21 bits per heavy atom. The average molecular weight is 194 g/mol. The maximum Gasteiger partial charge on any atom is 0.133 e. The molecule has 1 unspecified atom stereocenters. The summed E-state index contributed by atoms with van der Waals surface area (Å²) in [7, 11) is 0. The van der Waals surface area contributed by atoms with Gasteiger partial charge in [0, 0.05) is 6.61 Å². The van der Waals surface area contributed by atoms with E-state index in [1.165, 1.54) is 5.57 Å². The van der Waals surface area contributed by atoms with Gasteiger partial charge in [-0.3, -0.25) is 0 Å². The second-order valence-electron chi connectivity index (χ2n) is 3.65. The molecule has 0 aromatic rings. The predicted molar refractivity (Wildman–Crippen MR) is 58.2 cm³/mol. The second kappa shape index (κ2) is 5.01. The maximum atomic E-state index is 9.62. The van der Waals surface area contributed by atoms with Gasteiger partial charge in [-0.1, -0.05) is 26.0 Å². The van der Waals surface area contributed by atoms with Gasteiger partial charge in [-0.05, 0) is 30.6 Å². The fourth-order valence-electron chi connectivity index (χ4n) is 1.37. The van der Waals surface area contributed by atoms with Crippen molar-refractivity contribution >= 4 is 0 Å². The molecule has 1 aliphatic rings. The SMILES string of the molecule is CCOC1C=C(C(C)C)C=CC=C1O. The molecule has 0 aromatic carbocycles. The summed E-state index contributed by atoms with van der Waals surface area (Å²) < 4.78 is 5.42. The third-order valence-corrected chi connectivity index (χ3v) is 2.20. The van der Waals surface area contributed by atoms with Crippen molar-refractivity contribution < 1.29 is 9.84 Å². The molecule has 0 aromatic heterocycles. The first kappa shape index (κ1) is 11.1. The summed E-state index contributed by atoms with van der Waals surface area (Å²) in [6.45, 7) is 6.78. The van der Waals surface area contributed by atoms with E-state index in [1.807, 2.05) is 25.2 Å². The first-order chi connectivity index (χ1) is 6.65. The first-order valence-corrected chi connectivity index (χ1v) is 5.05. The number of aliphatic hydroxyl groups excluding tert-OH is 1. The van der Waals surface area contributed by atoms with Gasteiger partial charge in [0.25, 0.3) is 0 Å². The lowest BCUT2D eigenvalue weighted by Gasteiger charge is -2.13. The number of hydrogen-bond donors (Lipinski definition) is 1. The molecule has 1 rings (SSSR count). The lowest BCUT2D eigenvalue weighted by Crippen LogP contribution is -2.13. The van der Waals surface area contributed by atoms with Gasteiger partial charge in [0.05, 0.1) is 0 Å². The van der Waals surface area contributed by atoms with E-state index in [1.54, 1.807) is 6.08 Å². The molecule has 0 amide bonds. The van der Waals surface area contributed by atoms with E-state index in [0.717, 1.165) is 0 Å². The molecule has 1 aliphatic carbocycles. The standard InChI is InChI=1S/C12H18O2/c1-4-14-12-8-10(9(2)3)6-5-7-11(12)13/h5-9,12-13H,4H2,1-3H3. The zero-order valence-electron chi connectivity index (χ0n) is 9.03. The molecule has 0 radical (unpaired) electrons. The van der Waals surface area contributed by atoms with Crippen molar-refractivity contribution in [1.29, 1.82) is 0 Å². The minimum Gasteiger partial charge on any atom is -0.509 e. The van der Waals surface area contributed by atoms with Crippen molar-refractivity contribution in [2.75, 3.05) is 6.61 Å². The Hall–Kier alpha value is -1.02. The highest BCUT2D eigenvalue weighted by molar-refractivity contribution is 5.32. The minimum atomic E-state index is -0.285. The molecule has 0 heterocycles. The van der Waals surface area contributed by atoms with Crippen molar-refractivity contribution in [3.63, 3.8) is 0 Å². The normalized spacial score (nSPS) is 21.9. The predicted octanol–water partition coefficient (Wildman–Crippen LogP) is 2.99. The smallest absolute Gasteiger partial charge is 0.133 e. The molecule has 0 aliphatic heterocycles. The molecule has 0 bridgehead atoms. The summed E-state index contributed by atoms with van der Waals surface area (Å²) in [6, 6.07) is 0. The third-order valence-electron chi connectivity index (χ3n) is 2.20. The van der Waals surface area contributed by atoms with Gasteiger partial charge in [-0.25, -0.2) is 0 Å². The summed E-state index contributed by atoms with van der Waals surface area (Å²) in [6.07, 6.45) is 7.25. The van der Waals surface area contributed by atoms with Gasteiger partial charge in [-0.2, -0.15) is 0 Å². The van der Waals surface area contributed by atoms with Crippen LogP contribution in [0.2, 0.25) is 0 Å². The monoisotopic (exact) mass is 194 g/mol. The highest BCUT2D eigenvalue weighted by atomic mass is 16.5. The molecule has 78 valence electrons. The van der Waals surface area contributed by atoms with E-state index in [0.29, 0.717) is 12.5 Å². The van der Waals surface area contributed by atoms with Crippen LogP contribution in [0.15, 0.2) is 35.6 Å². The average Bonchev–Trinajstić information content (AvgIpc) is 2.30. The molecule has 2 heteroatoms. The number of ether oxygens (including phenoxy) is 1. The molecule has 14 heavy (non-hydrogen) atoms. The number of aliphatic hydroxyl groups is 1. The van der Waals surface area contributed by atoms with Gasteiger partial charge in [0.2, 0.25) is 0 Å². The Labute approximate surface area is 85.6 Å². The molecule has 1 atom stereocenters. The van der Waals surface area contributed by atoms with Gasteiger partial charge in [0.15, 0.2) is 0 Å². The van der Waals surface area contributed by atoms with E-state index in [9.17, 15) is 5.11 Å². The summed E-state index contributed by atoms with van der Waals surface area (Å²) in [5, 5.41) is 9.62.